The van der Waals surface area contributed by atoms with Gasteiger partial charge in [-0.05, 0) is 42.8 Å². The first-order chi connectivity index (χ1) is 11.9. The lowest BCUT2D eigenvalue weighted by Gasteiger charge is -2.13. The number of nitrogen functional groups attached to an aromatic ring is 1. The molecule has 2 aromatic rings. The number of amides is 1. The zero-order valence-electron chi connectivity index (χ0n) is 14.0. The summed E-state index contributed by atoms with van der Waals surface area (Å²) < 4.78 is 9.97. The van der Waals surface area contributed by atoms with E-state index in [1.807, 2.05) is 0 Å². The Balaban J connectivity index is 2.07. The third-order valence-corrected chi connectivity index (χ3v) is 3.87. The van der Waals surface area contributed by atoms with Crippen LogP contribution in [0.25, 0.3) is 0 Å². The zero-order valence-corrected chi connectivity index (χ0v) is 14.7. The van der Waals surface area contributed by atoms with Crippen LogP contribution in [0.2, 0.25) is 5.02 Å². The van der Waals surface area contributed by atoms with Crippen LogP contribution in [0.1, 0.15) is 22.3 Å². The van der Waals surface area contributed by atoms with Crippen molar-refractivity contribution < 1.29 is 19.1 Å². The van der Waals surface area contributed by atoms with Crippen molar-refractivity contribution in [3.8, 4) is 5.75 Å². The molecule has 0 saturated heterocycles. The van der Waals surface area contributed by atoms with Crippen molar-refractivity contribution >= 4 is 34.9 Å². The first-order valence-electron chi connectivity index (χ1n) is 7.54. The molecule has 3 N–H and O–H groups in total. The number of hydrogen-bond acceptors (Lipinski definition) is 5. The molecule has 0 heterocycles. The van der Waals surface area contributed by atoms with Crippen LogP contribution >= 0.6 is 11.6 Å². The molecule has 0 aromatic heterocycles. The molecule has 1 amide bonds. The van der Waals surface area contributed by atoms with E-state index in [-0.39, 0.29) is 12.3 Å². The lowest BCUT2D eigenvalue weighted by atomic mass is 10.0. The van der Waals surface area contributed by atoms with E-state index < -0.39 is 5.97 Å². The summed E-state index contributed by atoms with van der Waals surface area (Å²) in [4.78, 5) is 23.7. The largest absolute Gasteiger partial charge is 0.496 e. The summed E-state index contributed by atoms with van der Waals surface area (Å²) in [5, 5.41) is 3.38. The molecule has 132 valence electrons. The molecule has 7 heteroatoms. The van der Waals surface area contributed by atoms with E-state index in [9.17, 15) is 9.59 Å². The van der Waals surface area contributed by atoms with E-state index in [4.69, 9.17) is 22.1 Å². The molecule has 0 aliphatic carbocycles. The number of esters is 1. The smallest absolute Gasteiger partial charge is 0.338 e. The average molecular weight is 363 g/mol. The van der Waals surface area contributed by atoms with Gasteiger partial charge in [0.25, 0.3) is 0 Å². The van der Waals surface area contributed by atoms with Gasteiger partial charge in [0.2, 0.25) is 5.91 Å². The van der Waals surface area contributed by atoms with Crippen LogP contribution in [0, 0.1) is 0 Å². The predicted molar refractivity (Wildman–Crippen MR) is 97.1 cm³/mol. The third-order valence-electron chi connectivity index (χ3n) is 3.61. The number of nitrogens with two attached hydrogens (primary N) is 1. The van der Waals surface area contributed by atoms with Gasteiger partial charge in [-0.3, -0.25) is 4.79 Å². The molecule has 0 spiro atoms. The third kappa shape index (κ3) is 4.87. The minimum atomic E-state index is -0.503. The molecule has 0 bridgehead atoms. The van der Waals surface area contributed by atoms with Crippen LogP contribution in [0.5, 0.6) is 5.75 Å². The molecule has 25 heavy (non-hydrogen) atoms. The van der Waals surface area contributed by atoms with Gasteiger partial charge < -0.3 is 20.5 Å². The van der Waals surface area contributed by atoms with Crippen molar-refractivity contribution in [2.45, 2.75) is 12.8 Å². The van der Waals surface area contributed by atoms with Crippen LogP contribution in [0.4, 0.5) is 11.4 Å². The number of carbonyl (C=O) groups excluding carboxylic acids is 2. The Labute approximate surface area is 150 Å². The Kier molecular flexibility index (Phi) is 6.25. The number of anilines is 2. The van der Waals surface area contributed by atoms with Gasteiger partial charge in [-0.2, -0.15) is 0 Å². The number of halogens is 1. The van der Waals surface area contributed by atoms with Gasteiger partial charge in [-0.15, -0.1) is 0 Å². The predicted octanol–water partition coefficient (Wildman–Crippen LogP) is 3.29. The number of rotatable bonds is 6. The molecule has 0 unspecified atom stereocenters. The molecule has 0 aliphatic heterocycles. The molecule has 0 aliphatic rings. The normalized spacial score (nSPS) is 10.2. The Morgan fingerprint density at radius 2 is 1.84 bits per heavy atom. The maximum absolute atomic E-state index is 12.1. The Morgan fingerprint density at radius 1 is 1.16 bits per heavy atom. The van der Waals surface area contributed by atoms with Crippen LogP contribution in [-0.4, -0.2) is 26.1 Å². The summed E-state index contributed by atoms with van der Waals surface area (Å²) in [6.07, 6.45) is 0.580. The van der Waals surface area contributed by atoms with Crippen molar-refractivity contribution in [1.82, 2.24) is 0 Å². The van der Waals surface area contributed by atoms with E-state index in [1.54, 1.807) is 30.3 Å². The van der Waals surface area contributed by atoms with Crippen molar-refractivity contribution in [1.29, 1.82) is 0 Å². The number of ether oxygens (including phenoxy) is 2. The fraction of sp³-hybridized carbons (Fsp3) is 0.222. The van der Waals surface area contributed by atoms with Gasteiger partial charge in [0, 0.05) is 28.4 Å². The van der Waals surface area contributed by atoms with Crippen LogP contribution in [0.15, 0.2) is 36.4 Å². The van der Waals surface area contributed by atoms with E-state index in [0.717, 1.165) is 0 Å². The summed E-state index contributed by atoms with van der Waals surface area (Å²) in [5.41, 5.74) is 8.01. The molecule has 6 nitrogen and oxygen atoms in total. The quantitative estimate of drug-likeness (QED) is 0.607. The lowest BCUT2D eigenvalue weighted by Crippen LogP contribution is -2.13. The number of carbonyl (C=O) groups is 2. The van der Waals surface area contributed by atoms with Crippen molar-refractivity contribution in [2.24, 2.45) is 0 Å². The molecule has 0 fully saturated rings. The standard InChI is InChI=1S/C18H19ClN2O4/c1-24-16-10-11(18(23)25-2)9-15(20)14(16)7-8-17(22)21-13-5-3-12(19)4-6-13/h3-6,9-10H,7-8,20H2,1-2H3,(H,21,22). The Morgan fingerprint density at radius 3 is 2.44 bits per heavy atom. The molecule has 0 saturated carbocycles. The van der Waals surface area contributed by atoms with Crippen molar-refractivity contribution in [3.63, 3.8) is 0 Å². The summed E-state index contributed by atoms with van der Waals surface area (Å²) in [7, 11) is 2.77. The summed E-state index contributed by atoms with van der Waals surface area (Å²) >= 11 is 5.81. The van der Waals surface area contributed by atoms with Gasteiger partial charge in [0.05, 0.1) is 19.8 Å². The molecule has 2 aromatic carbocycles. The topological polar surface area (TPSA) is 90.7 Å². The molecule has 0 radical (unpaired) electrons. The highest BCUT2D eigenvalue weighted by Crippen LogP contribution is 2.28. The highest BCUT2D eigenvalue weighted by atomic mass is 35.5. The van der Waals surface area contributed by atoms with Crippen LogP contribution in [-0.2, 0) is 16.0 Å². The maximum atomic E-state index is 12.1. The van der Waals surface area contributed by atoms with Gasteiger partial charge in [-0.1, -0.05) is 11.6 Å². The van der Waals surface area contributed by atoms with Gasteiger partial charge >= 0.3 is 5.97 Å². The number of hydrogen-bond donors (Lipinski definition) is 2. The summed E-state index contributed by atoms with van der Waals surface area (Å²) in [6, 6.07) is 9.91. The fourth-order valence-electron chi connectivity index (χ4n) is 2.35. The van der Waals surface area contributed by atoms with Crippen LogP contribution < -0.4 is 15.8 Å². The highest BCUT2D eigenvalue weighted by Gasteiger charge is 2.15. The Bertz CT molecular complexity index is 775. The first kappa shape index (κ1) is 18.6. The van der Waals surface area contributed by atoms with E-state index in [2.05, 4.69) is 10.1 Å². The maximum Gasteiger partial charge on any atom is 0.338 e. The SMILES string of the molecule is COC(=O)c1cc(N)c(CCC(=O)Nc2ccc(Cl)cc2)c(OC)c1. The monoisotopic (exact) mass is 362 g/mol. The molecular formula is C18H19ClN2O4. The first-order valence-corrected chi connectivity index (χ1v) is 7.92. The van der Waals surface area contributed by atoms with Crippen LogP contribution in [0.3, 0.4) is 0 Å². The van der Waals surface area contributed by atoms with Crippen molar-refractivity contribution in [3.05, 3.63) is 52.5 Å². The summed E-state index contributed by atoms with van der Waals surface area (Å²) in [6.45, 7) is 0. The number of benzene rings is 2. The lowest BCUT2D eigenvalue weighted by molar-refractivity contribution is -0.116. The molecule has 0 atom stereocenters. The minimum Gasteiger partial charge on any atom is -0.496 e. The fourth-order valence-corrected chi connectivity index (χ4v) is 2.47. The highest BCUT2D eigenvalue weighted by molar-refractivity contribution is 6.30. The second kappa shape index (κ2) is 8.39. The van der Waals surface area contributed by atoms with E-state index >= 15 is 0 Å². The molecular weight excluding hydrogens is 344 g/mol. The number of methoxy groups -OCH3 is 2. The molecule has 2 rings (SSSR count). The average Bonchev–Trinajstić information content (AvgIpc) is 2.61. The van der Waals surface area contributed by atoms with E-state index in [0.29, 0.717) is 39.7 Å². The minimum absolute atomic E-state index is 0.166. The van der Waals surface area contributed by atoms with Gasteiger partial charge in [0.1, 0.15) is 5.75 Å². The summed E-state index contributed by atoms with van der Waals surface area (Å²) in [5.74, 6) is -0.224. The van der Waals surface area contributed by atoms with E-state index in [1.165, 1.54) is 20.3 Å². The number of nitrogens with one attached hydrogen (secondary N) is 1. The zero-order chi connectivity index (χ0) is 18.4. The van der Waals surface area contributed by atoms with Crippen molar-refractivity contribution in [2.75, 3.05) is 25.3 Å². The Hall–Kier alpha value is -2.73. The van der Waals surface area contributed by atoms with Gasteiger partial charge in [-0.25, -0.2) is 4.79 Å². The second-order valence-electron chi connectivity index (χ2n) is 5.29. The van der Waals surface area contributed by atoms with Gasteiger partial charge in [0.15, 0.2) is 0 Å². The second-order valence-corrected chi connectivity index (χ2v) is 5.73.